The average Bonchev–Trinajstić information content (AvgIpc) is 2.46. The number of aryl methyl sites for hydroxylation is 1. The largest absolute Gasteiger partial charge is 0.299 e. The molecule has 0 amide bonds. The van der Waals surface area contributed by atoms with Crippen LogP contribution in [0.1, 0.15) is 63.0 Å². The lowest BCUT2D eigenvalue weighted by Gasteiger charge is -2.20. The lowest BCUT2D eigenvalue weighted by Crippen LogP contribution is -2.19. The van der Waals surface area contributed by atoms with Crippen molar-refractivity contribution in [2.75, 3.05) is 0 Å². The second-order valence-electron chi connectivity index (χ2n) is 5.90. The first-order valence-electron chi connectivity index (χ1n) is 7.90. The molecule has 0 aromatic heterocycles. The van der Waals surface area contributed by atoms with E-state index in [2.05, 4.69) is 31.2 Å². The molecule has 0 aliphatic heterocycles. The third kappa shape index (κ3) is 4.49. The van der Waals surface area contributed by atoms with Gasteiger partial charge in [-0.15, -0.1) is 0 Å². The highest BCUT2D eigenvalue weighted by Gasteiger charge is 2.20. The molecule has 0 unspecified atom stereocenters. The average molecular weight is 258 g/mol. The van der Waals surface area contributed by atoms with Gasteiger partial charge in [-0.1, -0.05) is 56.9 Å². The Morgan fingerprint density at radius 1 is 1.16 bits per heavy atom. The summed E-state index contributed by atoms with van der Waals surface area (Å²) in [6, 6.07) is 8.63. The van der Waals surface area contributed by atoms with Crippen molar-refractivity contribution in [3.63, 3.8) is 0 Å². The van der Waals surface area contributed by atoms with E-state index in [-0.39, 0.29) is 0 Å². The Morgan fingerprint density at radius 2 is 1.89 bits per heavy atom. The van der Waals surface area contributed by atoms with Crippen LogP contribution in [0, 0.1) is 5.92 Å². The maximum absolute atomic E-state index is 12.3. The van der Waals surface area contributed by atoms with E-state index in [9.17, 15) is 4.79 Å². The fourth-order valence-electron chi connectivity index (χ4n) is 3.05. The van der Waals surface area contributed by atoms with E-state index in [0.717, 1.165) is 19.3 Å². The van der Waals surface area contributed by atoms with Crippen molar-refractivity contribution in [1.29, 1.82) is 0 Å². The molecule has 1 aromatic rings. The van der Waals surface area contributed by atoms with Crippen molar-refractivity contribution in [2.24, 2.45) is 5.92 Å². The van der Waals surface area contributed by atoms with Crippen LogP contribution < -0.4 is 0 Å². The van der Waals surface area contributed by atoms with Crippen LogP contribution >= 0.6 is 0 Å². The van der Waals surface area contributed by atoms with Gasteiger partial charge in [0, 0.05) is 12.3 Å². The molecule has 1 fully saturated rings. The minimum atomic E-state index is 0.341. The van der Waals surface area contributed by atoms with Crippen LogP contribution in [0.25, 0.3) is 0 Å². The molecule has 1 aromatic carbocycles. The third-order valence-electron chi connectivity index (χ3n) is 4.25. The Hall–Kier alpha value is -1.11. The van der Waals surface area contributed by atoms with Gasteiger partial charge in [-0.05, 0) is 36.8 Å². The van der Waals surface area contributed by atoms with E-state index in [1.165, 1.54) is 43.2 Å². The number of carbonyl (C=O) groups is 1. The van der Waals surface area contributed by atoms with Gasteiger partial charge in [0.05, 0.1) is 0 Å². The fourth-order valence-corrected chi connectivity index (χ4v) is 3.05. The Morgan fingerprint density at radius 3 is 2.63 bits per heavy atom. The molecule has 2 rings (SSSR count). The zero-order valence-electron chi connectivity index (χ0n) is 12.2. The molecule has 104 valence electrons. The summed E-state index contributed by atoms with van der Waals surface area (Å²) in [5, 5.41) is 0. The van der Waals surface area contributed by atoms with Crippen LogP contribution in [-0.2, 0) is 17.6 Å². The molecule has 19 heavy (non-hydrogen) atoms. The third-order valence-corrected chi connectivity index (χ3v) is 4.25. The van der Waals surface area contributed by atoms with Gasteiger partial charge in [-0.3, -0.25) is 4.79 Å². The van der Waals surface area contributed by atoms with Crippen molar-refractivity contribution in [3.8, 4) is 0 Å². The Bertz CT molecular complexity index is 402. The summed E-state index contributed by atoms with van der Waals surface area (Å²) in [6.45, 7) is 2.22. The summed E-state index contributed by atoms with van der Waals surface area (Å²) >= 11 is 0. The summed E-state index contributed by atoms with van der Waals surface area (Å²) in [5.41, 5.74) is 2.60. The minimum Gasteiger partial charge on any atom is -0.299 e. The Balaban J connectivity index is 1.92. The summed E-state index contributed by atoms with van der Waals surface area (Å²) in [7, 11) is 0. The molecule has 0 spiro atoms. The fraction of sp³-hybridized carbons (Fsp3) is 0.611. The van der Waals surface area contributed by atoms with Crippen molar-refractivity contribution < 1.29 is 4.79 Å². The molecule has 0 bridgehead atoms. The maximum atomic E-state index is 12.3. The van der Waals surface area contributed by atoms with Crippen molar-refractivity contribution >= 4 is 5.78 Å². The number of rotatable bonds is 6. The quantitative estimate of drug-likeness (QED) is 0.721. The molecule has 1 saturated carbocycles. The van der Waals surface area contributed by atoms with Crippen LogP contribution in [0.2, 0.25) is 0 Å². The van der Waals surface area contributed by atoms with Crippen LogP contribution in [0.4, 0.5) is 0 Å². The van der Waals surface area contributed by atoms with Crippen molar-refractivity contribution in [3.05, 3.63) is 35.4 Å². The molecular weight excluding hydrogens is 232 g/mol. The zero-order chi connectivity index (χ0) is 13.5. The molecule has 0 heterocycles. The lowest BCUT2D eigenvalue weighted by atomic mass is 9.84. The first kappa shape index (κ1) is 14.3. The maximum Gasteiger partial charge on any atom is 0.140 e. The number of ketones is 1. The summed E-state index contributed by atoms with van der Waals surface area (Å²) in [5.74, 6) is 0.806. The SMILES string of the molecule is CCCCc1cccc(CC(=O)C2CCCCC2)c1. The minimum absolute atomic E-state index is 0.341. The first-order valence-corrected chi connectivity index (χ1v) is 7.90. The normalized spacial score (nSPS) is 16.5. The number of Topliss-reactive ketones (excluding diaryl/α,β-unsaturated/α-hetero) is 1. The van der Waals surface area contributed by atoms with E-state index < -0.39 is 0 Å². The van der Waals surface area contributed by atoms with Gasteiger partial charge < -0.3 is 0 Å². The van der Waals surface area contributed by atoms with E-state index in [1.54, 1.807) is 0 Å². The van der Waals surface area contributed by atoms with E-state index in [4.69, 9.17) is 0 Å². The second kappa shape index (κ2) is 7.47. The van der Waals surface area contributed by atoms with Gasteiger partial charge in [0.1, 0.15) is 5.78 Å². The number of hydrogen-bond donors (Lipinski definition) is 0. The highest BCUT2D eigenvalue weighted by atomic mass is 16.1. The molecule has 0 saturated heterocycles. The molecule has 1 aliphatic carbocycles. The lowest BCUT2D eigenvalue weighted by molar-refractivity contribution is -0.123. The van der Waals surface area contributed by atoms with Gasteiger partial charge in [0.25, 0.3) is 0 Å². The molecule has 0 radical (unpaired) electrons. The smallest absolute Gasteiger partial charge is 0.140 e. The standard InChI is InChI=1S/C18H26O/c1-2-3-8-15-9-7-10-16(13-15)14-18(19)17-11-5-4-6-12-17/h7,9-10,13,17H,2-6,8,11-12,14H2,1H3. The van der Waals surface area contributed by atoms with Crippen LogP contribution in [0.15, 0.2) is 24.3 Å². The van der Waals surface area contributed by atoms with Crippen LogP contribution in [-0.4, -0.2) is 5.78 Å². The van der Waals surface area contributed by atoms with Gasteiger partial charge in [-0.25, -0.2) is 0 Å². The molecule has 1 nitrogen and oxygen atoms in total. The Labute approximate surface area is 117 Å². The van der Waals surface area contributed by atoms with Gasteiger partial charge in [-0.2, -0.15) is 0 Å². The van der Waals surface area contributed by atoms with Crippen LogP contribution in [0.5, 0.6) is 0 Å². The molecule has 1 heteroatoms. The summed E-state index contributed by atoms with van der Waals surface area (Å²) in [4.78, 5) is 12.3. The van der Waals surface area contributed by atoms with Gasteiger partial charge in [0.2, 0.25) is 0 Å². The molecular formula is C18H26O. The molecule has 1 aliphatic rings. The second-order valence-corrected chi connectivity index (χ2v) is 5.90. The predicted octanol–water partition coefficient (Wildman–Crippen LogP) is 4.72. The topological polar surface area (TPSA) is 17.1 Å². The van der Waals surface area contributed by atoms with Gasteiger partial charge >= 0.3 is 0 Å². The highest BCUT2D eigenvalue weighted by Crippen LogP contribution is 2.25. The number of unbranched alkanes of at least 4 members (excludes halogenated alkanes) is 1. The summed E-state index contributed by atoms with van der Waals surface area (Å²) < 4.78 is 0. The van der Waals surface area contributed by atoms with Crippen molar-refractivity contribution in [2.45, 2.75) is 64.7 Å². The highest BCUT2D eigenvalue weighted by molar-refractivity contribution is 5.83. The van der Waals surface area contributed by atoms with E-state index in [1.807, 2.05) is 0 Å². The van der Waals surface area contributed by atoms with E-state index in [0.29, 0.717) is 18.1 Å². The summed E-state index contributed by atoms with van der Waals surface area (Å²) in [6.07, 6.45) is 10.3. The van der Waals surface area contributed by atoms with E-state index >= 15 is 0 Å². The predicted molar refractivity (Wildman–Crippen MR) is 80.3 cm³/mol. The Kier molecular flexibility index (Phi) is 5.62. The molecule has 0 atom stereocenters. The number of carbonyl (C=O) groups excluding carboxylic acids is 1. The number of hydrogen-bond acceptors (Lipinski definition) is 1. The number of benzene rings is 1. The first-order chi connectivity index (χ1) is 9.29. The van der Waals surface area contributed by atoms with Crippen molar-refractivity contribution in [1.82, 2.24) is 0 Å². The molecule has 0 N–H and O–H groups in total. The zero-order valence-corrected chi connectivity index (χ0v) is 12.2. The monoisotopic (exact) mass is 258 g/mol. The van der Waals surface area contributed by atoms with Crippen LogP contribution in [0.3, 0.4) is 0 Å². The van der Waals surface area contributed by atoms with Gasteiger partial charge in [0.15, 0.2) is 0 Å².